The molecule has 3 heterocycles. The van der Waals surface area contributed by atoms with E-state index in [-0.39, 0.29) is 88.9 Å². The number of carboxylic acid groups (broad SMARTS) is 1. The second kappa shape index (κ2) is 26.5. The van der Waals surface area contributed by atoms with Crippen LogP contribution in [0.2, 0.25) is 0 Å². The maximum atomic E-state index is 14.2. The third-order valence-electron chi connectivity index (χ3n) is 9.28. The Morgan fingerprint density at radius 1 is 0.500 bits per heavy atom. The Hall–Kier alpha value is -7.78. The van der Waals surface area contributed by atoms with Crippen molar-refractivity contribution in [3.63, 3.8) is 0 Å². The second-order valence-electron chi connectivity index (χ2n) is 14.4. The lowest BCUT2D eigenvalue weighted by Crippen LogP contribution is -2.60. The lowest BCUT2D eigenvalue weighted by molar-refractivity contribution is -0.142. The van der Waals surface area contributed by atoms with E-state index in [0.29, 0.717) is 23.5 Å². The lowest BCUT2D eigenvalue weighted by atomic mass is 10.0. The van der Waals surface area contributed by atoms with Crippen molar-refractivity contribution in [3.8, 4) is 0 Å². The van der Waals surface area contributed by atoms with Crippen LogP contribution in [0.5, 0.6) is 0 Å². The normalized spacial score (nSPS) is 13.6. The quantitative estimate of drug-likeness (QED) is 0.0175. The monoisotopic (exact) mass is 897 g/mol. The summed E-state index contributed by atoms with van der Waals surface area (Å²) in [5, 5.41) is 23.0. The van der Waals surface area contributed by atoms with Gasteiger partial charge in [0.25, 0.3) is 0 Å². The molecule has 3 rings (SSSR count). The van der Waals surface area contributed by atoms with Gasteiger partial charge in [-0.3, -0.25) is 38.9 Å². The van der Waals surface area contributed by atoms with E-state index in [0.717, 1.165) is 0 Å². The Bertz CT molecular complexity index is 2010. The third kappa shape index (κ3) is 18.9. The number of aromatic amines is 3. The summed E-state index contributed by atoms with van der Waals surface area (Å²) in [6.07, 6.45) is 8.76. The van der Waals surface area contributed by atoms with E-state index >= 15 is 0 Å². The molecule has 0 fully saturated rings. The molecule has 5 amide bonds. The van der Waals surface area contributed by atoms with Crippen LogP contribution in [0.1, 0.15) is 55.6 Å². The molecule has 0 aliphatic rings. The number of aliphatic carboxylic acids is 1. The molecule has 0 saturated carbocycles. The van der Waals surface area contributed by atoms with E-state index < -0.39 is 71.8 Å². The van der Waals surface area contributed by atoms with Crippen molar-refractivity contribution in [2.24, 2.45) is 55.1 Å². The van der Waals surface area contributed by atoms with Gasteiger partial charge in [0.1, 0.15) is 30.2 Å². The molecule has 0 aliphatic carbocycles. The number of nitrogens with one attached hydrogen (secondary N) is 8. The fraction of sp³-hybridized carbons (Fsp3) is 0.500. The number of rotatable bonds is 29. The highest BCUT2D eigenvalue weighted by Gasteiger charge is 2.33. The van der Waals surface area contributed by atoms with E-state index in [4.69, 9.17) is 40.1 Å². The number of aliphatic imine (C=N–C) groups is 3. The molecule has 0 spiro atoms. The standard InChI is InChI=1S/C36H59N21O7/c37-22(4-1-7-47-34(38)39)28(58)55-25(10-19-13-44-16-50-19)31(61)53-23(5-2-8-48-35(40)41)29(59)56-26(11-20-14-45-17-51-20)32(62)54-24(6-3-9-49-36(42)43)30(60)57-27(33(63)64)12-21-15-46-18-52-21/h13-18,22-27H,1-12,37H2,(H,44,50)(H,45,51)(H,46,52)(H,53,61)(H,54,62)(H,55,58)(H,56,59)(H,57,60)(H,63,64)(H4,38,39,47)(H4,40,41,48)(H4,42,43,49)/t22-,23-,24-,25-,26-,27-/m0/s1. The zero-order valence-corrected chi connectivity index (χ0v) is 35.0. The van der Waals surface area contributed by atoms with Gasteiger partial charge in [0, 0.05) is 74.6 Å². The molecule has 28 nitrogen and oxygen atoms in total. The van der Waals surface area contributed by atoms with E-state index in [9.17, 15) is 33.9 Å². The number of carbonyl (C=O) groups is 6. The summed E-state index contributed by atoms with van der Waals surface area (Å²) in [4.78, 5) is 114. The Morgan fingerprint density at radius 3 is 1.16 bits per heavy atom. The van der Waals surface area contributed by atoms with Crippen LogP contribution in [-0.2, 0) is 48.0 Å². The number of carbonyl (C=O) groups excluding carboxylic acids is 5. The Labute approximate surface area is 366 Å². The van der Waals surface area contributed by atoms with Crippen LogP contribution in [-0.4, -0.2) is 144 Å². The summed E-state index contributed by atoms with van der Waals surface area (Å²) >= 11 is 0. The van der Waals surface area contributed by atoms with Gasteiger partial charge in [-0.1, -0.05) is 0 Å². The molecule has 0 aromatic carbocycles. The number of guanidine groups is 3. The van der Waals surface area contributed by atoms with Gasteiger partial charge in [-0.15, -0.1) is 0 Å². The highest BCUT2D eigenvalue weighted by molar-refractivity contribution is 5.96. The lowest BCUT2D eigenvalue weighted by Gasteiger charge is -2.27. The summed E-state index contributed by atoms with van der Waals surface area (Å²) in [6.45, 7) is 0.362. The van der Waals surface area contributed by atoms with Gasteiger partial charge in [0.15, 0.2) is 17.9 Å². The van der Waals surface area contributed by atoms with Crippen LogP contribution in [0.15, 0.2) is 52.5 Å². The second-order valence-corrected chi connectivity index (χ2v) is 14.4. The average Bonchev–Trinajstić information content (AvgIpc) is 4.06. The number of nitrogens with zero attached hydrogens (tertiary/aromatic N) is 6. The summed E-state index contributed by atoms with van der Waals surface area (Å²) in [5.41, 5.74) is 40.1. The summed E-state index contributed by atoms with van der Waals surface area (Å²) in [5.74, 6) is -5.85. The smallest absolute Gasteiger partial charge is 0.326 e. The number of amides is 5. The Kier molecular flexibility index (Phi) is 21.0. The number of nitrogens with two attached hydrogens (primary N) is 7. The van der Waals surface area contributed by atoms with E-state index in [1.165, 1.54) is 37.6 Å². The summed E-state index contributed by atoms with van der Waals surface area (Å²) in [7, 11) is 0. The molecule has 3 aromatic rings. The van der Waals surface area contributed by atoms with Gasteiger partial charge in [0.2, 0.25) is 29.5 Å². The molecular formula is C36H59N21O7. The largest absolute Gasteiger partial charge is 0.480 e. The molecule has 0 saturated heterocycles. The topological polar surface area (TPSA) is 488 Å². The van der Waals surface area contributed by atoms with Crippen molar-refractivity contribution < 1.29 is 33.9 Å². The maximum Gasteiger partial charge on any atom is 0.326 e. The van der Waals surface area contributed by atoms with Crippen molar-refractivity contribution in [2.75, 3.05) is 19.6 Å². The zero-order valence-electron chi connectivity index (χ0n) is 35.0. The minimum absolute atomic E-state index is 0.0511. The van der Waals surface area contributed by atoms with Crippen molar-refractivity contribution >= 4 is 53.4 Å². The molecule has 28 heteroatoms. The average molecular weight is 898 g/mol. The van der Waals surface area contributed by atoms with Crippen molar-refractivity contribution in [2.45, 2.75) is 94.0 Å². The van der Waals surface area contributed by atoms with Crippen molar-refractivity contribution in [3.05, 3.63) is 54.7 Å². The van der Waals surface area contributed by atoms with Crippen LogP contribution < -0.4 is 66.7 Å². The summed E-state index contributed by atoms with van der Waals surface area (Å²) in [6, 6.07) is -7.82. The van der Waals surface area contributed by atoms with Crippen LogP contribution in [0.4, 0.5) is 0 Å². The fourth-order valence-corrected chi connectivity index (χ4v) is 6.03. The number of hydrogen-bond donors (Lipinski definition) is 16. The molecule has 64 heavy (non-hydrogen) atoms. The minimum Gasteiger partial charge on any atom is -0.480 e. The first-order valence-corrected chi connectivity index (χ1v) is 20.1. The molecule has 23 N–H and O–H groups in total. The number of hydrogen-bond acceptors (Lipinski definition) is 13. The number of carboxylic acids is 1. The van der Waals surface area contributed by atoms with Gasteiger partial charge >= 0.3 is 5.97 Å². The first-order valence-electron chi connectivity index (χ1n) is 20.1. The molecule has 350 valence electrons. The Balaban J connectivity index is 1.89. The highest BCUT2D eigenvalue weighted by atomic mass is 16.4. The molecule has 0 radical (unpaired) electrons. The number of aromatic nitrogens is 6. The fourth-order valence-electron chi connectivity index (χ4n) is 6.03. The van der Waals surface area contributed by atoms with Crippen LogP contribution in [0.3, 0.4) is 0 Å². The molecule has 0 unspecified atom stereocenters. The summed E-state index contributed by atoms with van der Waals surface area (Å²) < 4.78 is 0. The predicted molar refractivity (Wildman–Crippen MR) is 232 cm³/mol. The first-order chi connectivity index (χ1) is 30.5. The first kappa shape index (κ1) is 50.6. The van der Waals surface area contributed by atoms with Gasteiger partial charge in [0.05, 0.1) is 25.0 Å². The van der Waals surface area contributed by atoms with Crippen LogP contribution >= 0.6 is 0 Å². The zero-order chi connectivity index (χ0) is 47.0. The van der Waals surface area contributed by atoms with Crippen LogP contribution in [0, 0.1) is 0 Å². The SMILES string of the molecule is NC(N)=NCCC[C@H](NC(=O)[C@H](Cc1cnc[nH]1)NC(=O)[C@H](CCCN=C(N)N)NC(=O)[C@H](Cc1cnc[nH]1)NC(=O)[C@@H](N)CCCN=C(N)N)C(=O)N[C@@H](Cc1cnc[nH]1)C(=O)O. The third-order valence-corrected chi connectivity index (χ3v) is 9.28. The molecular weight excluding hydrogens is 839 g/mol. The van der Waals surface area contributed by atoms with Gasteiger partial charge in [-0.2, -0.15) is 0 Å². The van der Waals surface area contributed by atoms with Crippen molar-refractivity contribution in [1.29, 1.82) is 0 Å². The van der Waals surface area contributed by atoms with Gasteiger partial charge in [-0.05, 0) is 38.5 Å². The molecule has 3 aromatic heterocycles. The van der Waals surface area contributed by atoms with E-state index in [2.05, 4.69) is 71.5 Å². The van der Waals surface area contributed by atoms with E-state index in [1.54, 1.807) is 0 Å². The Morgan fingerprint density at radius 2 is 0.812 bits per heavy atom. The maximum absolute atomic E-state index is 14.2. The molecule has 6 atom stereocenters. The van der Waals surface area contributed by atoms with E-state index in [1.807, 2.05) is 0 Å². The van der Waals surface area contributed by atoms with Crippen LogP contribution in [0.25, 0.3) is 0 Å². The van der Waals surface area contributed by atoms with Gasteiger partial charge in [-0.25, -0.2) is 19.7 Å². The van der Waals surface area contributed by atoms with Crippen molar-refractivity contribution in [1.82, 2.24) is 56.5 Å². The molecule has 0 bridgehead atoms. The number of H-pyrrole nitrogens is 3. The number of imidazole rings is 3. The van der Waals surface area contributed by atoms with Gasteiger partial charge < -0.3 is 86.8 Å². The predicted octanol–water partition coefficient (Wildman–Crippen LogP) is -6.12. The molecule has 0 aliphatic heterocycles. The minimum atomic E-state index is -1.41. The highest BCUT2D eigenvalue weighted by Crippen LogP contribution is 2.09.